The molecule has 2 aromatic rings. The second-order valence-corrected chi connectivity index (χ2v) is 7.60. The summed E-state index contributed by atoms with van der Waals surface area (Å²) in [7, 11) is 0. The zero-order valence-electron chi connectivity index (χ0n) is 16.2. The van der Waals surface area contributed by atoms with Gasteiger partial charge in [-0.2, -0.15) is 5.26 Å². The Morgan fingerprint density at radius 3 is 2.44 bits per heavy atom. The number of likely N-dealkylation sites (tertiary alicyclic amines) is 1. The topological polar surface area (TPSA) is 56.5 Å². The lowest BCUT2D eigenvalue weighted by Crippen LogP contribution is -2.41. The molecule has 4 nitrogen and oxygen atoms in total. The highest BCUT2D eigenvalue weighted by atomic mass is 16.5. The minimum atomic E-state index is -0.372. The number of aliphatic hydroxyl groups is 1. The van der Waals surface area contributed by atoms with Gasteiger partial charge in [0.15, 0.2) is 0 Å². The highest BCUT2D eigenvalue weighted by molar-refractivity contribution is 5.37. The fourth-order valence-electron chi connectivity index (χ4n) is 3.80. The standard InChI is InChI=1S/C23H28N2O2/c1-18(2)27-22-9-8-19(14-20(22)16-26)15-25-12-10-23(17-24,11-13-25)21-6-4-3-5-7-21/h3-9,14,18,26H,10-13,15-16H2,1-2H3. The third-order valence-corrected chi connectivity index (χ3v) is 5.31. The van der Waals surface area contributed by atoms with Crippen molar-refractivity contribution in [1.82, 2.24) is 4.90 Å². The van der Waals surface area contributed by atoms with Crippen LogP contribution in [0.15, 0.2) is 48.5 Å². The molecule has 1 N–H and O–H groups in total. The highest BCUT2D eigenvalue weighted by Gasteiger charge is 2.36. The van der Waals surface area contributed by atoms with Gasteiger partial charge in [-0.3, -0.25) is 4.90 Å². The zero-order chi connectivity index (χ0) is 19.3. The Hall–Kier alpha value is -2.35. The third-order valence-electron chi connectivity index (χ3n) is 5.31. The Kier molecular flexibility index (Phi) is 6.15. The monoisotopic (exact) mass is 364 g/mol. The number of piperidine rings is 1. The van der Waals surface area contributed by atoms with Crippen LogP contribution in [0.3, 0.4) is 0 Å². The van der Waals surface area contributed by atoms with Crippen molar-refractivity contribution in [3.05, 3.63) is 65.2 Å². The Balaban J connectivity index is 1.66. The van der Waals surface area contributed by atoms with E-state index >= 15 is 0 Å². The van der Waals surface area contributed by atoms with Crippen molar-refractivity contribution in [2.24, 2.45) is 0 Å². The van der Waals surface area contributed by atoms with E-state index in [1.54, 1.807) is 0 Å². The molecule has 1 aliphatic rings. The molecular formula is C23H28N2O2. The van der Waals surface area contributed by atoms with Gasteiger partial charge in [-0.05, 0) is 49.9 Å². The number of ether oxygens (including phenoxy) is 1. The molecule has 1 fully saturated rings. The van der Waals surface area contributed by atoms with E-state index in [9.17, 15) is 10.4 Å². The van der Waals surface area contributed by atoms with Crippen LogP contribution in [0.5, 0.6) is 5.75 Å². The van der Waals surface area contributed by atoms with Crippen molar-refractivity contribution in [2.75, 3.05) is 13.1 Å². The summed E-state index contributed by atoms with van der Waals surface area (Å²) >= 11 is 0. The van der Waals surface area contributed by atoms with E-state index in [-0.39, 0.29) is 18.1 Å². The first kappa shape index (κ1) is 19.4. The average Bonchev–Trinajstić information content (AvgIpc) is 2.70. The van der Waals surface area contributed by atoms with Crippen LogP contribution < -0.4 is 4.74 Å². The lowest BCUT2D eigenvalue weighted by atomic mass is 9.74. The quantitative estimate of drug-likeness (QED) is 0.841. The van der Waals surface area contributed by atoms with Crippen LogP contribution in [0.25, 0.3) is 0 Å². The van der Waals surface area contributed by atoms with Crippen LogP contribution in [-0.4, -0.2) is 29.2 Å². The molecule has 0 unspecified atom stereocenters. The van der Waals surface area contributed by atoms with Gasteiger partial charge in [0.1, 0.15) is 5.75 Å². The lowest BCUT2D eigenvalue weighted by molar-refractivity contribution is 0.178. The molecule has 0 aliphatic carbocycles. The van der Waals surface area contributed by atoms with E-state index in [4.69, 9.17) is 4.74 Å². The third kappa shape index (κ3) is 4.50. The van der Waals surface area contributed by atoms with Crippen LogP contribution in [0.4, 0.5) is 0 Å². The van der Waals surface area contributed by atoms with Crippen molar-refractivity contribution in [2.45, 2.75) is 51.4 Å². The van der Waals surface area contributed by atoms with Gasteiger partial charge in [0, 0.05) is 25.2 Å². The second-order valence-electron chi connectivity index (χ2n) is 7.60. The van der Waals surface area contributed by atoms with Gasteiger partial charge in [0.2, 0.25) is 0 Å². The molecule has 4 heteroatoms. The van der Waals surface area contributed by atoms with Crippen LogP contribution in [0.1, 0.15) is 43.4 Å². The zero-order valence-corrected chi connectivity index (χ0v) is 16.2. The number of nitrogens with zero attached hydrogens (tertiary/aromatic N) is 2. The largest absolute Gasteiger partial charge is 0.491 e. The predicted octanol–water partition coefficient (Wildman–Crippen LogP) is 4.02. The van der Waals surface area contributed by atoms with Gasteiger partial charge in [0.25, 0.3) is 0 Å². The van der Waals surface area contributed by atoms with Gasteiger partial charge < -0.3 is 9.84 Å². The number of aliphatic hydroxyl groups excluding tert-OH is 1. The summed E-state index contributed by atoms with van der Waals surface area (Å²) < 4.78 is 5.76. The van der Waals surface area contributed by atoms with Crippen molar-refractivity contribution in [3.8, 4) is 11.8 Å². The SMILES string of the molecule is CC(C)Oc1ccc(CN2CCC(C#N)(c3ccccc3)CC2)cc1CO. The second kappa shape index (κ2) is 8.56. The van der Waals surface area contributed by atoms with E-state index in [0.717, 1.165) is 49.4 Å². The van der Waals surface area contributed by atoms with Crippen molar-refractivity contribution in [1.29, 1.82) is 5.26 Å². The number of rotatable bonds is 6. The van der Waals surface area contributed by atoms with E-state index in [2.05, 4.69) is 29.2 Å². The molecule has 0 spiro atoms. The maximum absolute atomic E-state index is 9.83. The first-order valence-electron chi connectivity index (χ1n) is 9.65. The molecule has 0 saturated carbocycles. The first-order chi connectivity index (χ1) is 13.1. The van der Waals surface area contributed by atoms with Crippen molar-refractivity contribution < 1.29 is 9.84 Å². The molecule has 1 aliphatic heterocycles. The minimum Gasteiger partial charge on any atom is -0.491 e. The van der Waals surface area contributed by atoms with Gasteiger partial charge >= 0.3 is 0 Å². The summed E-state index contributed by atoms with van der Waals surface area (Å²) in [6, 6.07) is 18.8. The van der Waals surface area contributed by atoms with E-state index in [0.29, 0.717) is 0 Å². The molecule has 0 amide bonds. The number of hydrogen-bond acceptors (Lipinski definition) is 4. The molecule has 0 aromatic heterocycles. The van der Waals surface area contributed by atoms with Crippen molar-refractivity contribution >= 4 is 0 Å². The predicted molar refractivity (Wildman–Crippen MR) is 106 cm³/mol. The van der Waals surface area contributed by atoms with Crippen LogP contribution in [-0.2, 0) is 18.6 Å². The van der Waals surface area contributed by atoms with E-state index in [1.807, 2.05) is 44.2 Å². The molecule has 0 bridgehead atoms. The maximum atomic E-state index is 9.83. The lowest BCUT2D eigenvalue weighted by Gasteiger charge is -2.37. The molecule has 0 radical (unpaired) electrons. The molecular weight excluding hydrogens is 336 g/mol. The molecule has 142 valence electrons. The molecule has 3 rings (SSSR count). The Morgan fingerprint density at radius 2 is 1.85 bits per heavy atom. The normalized spacial score (nSPS) is 16.9. The van der Waals surface area contributed by atoms with Gasteiger partial charge in [-0.15, -0.1) is 0 Å². The molecule has 27 heavy (non-hydrogen) atoms. The Bertz CT molecular complexity index is 788. The fraction of sp³-hybridized carbons (Fsp3) is 0.435. The summed E-state index contributed by atoms with van der Waals surface area (Å²) in [4.78, 5) is 2.39. The minimum absolute atomic E-state index is 0.0263. The molecule has 1 heterocycles. The Morgan fingerprint density at radius 1 is 1.15 bits per heavy atom. The van der Waals surface area contributed by atoms with E-state index < -0.39 is 0 Å². The summed E-state index contributed by atoms with van der Waals surface area (Å²) in [5, 5.41) is 19.5. The van der Waals surface area contributed by atoms with Gasteiger partial charge in [0.05, 0.1) is 24.2 Å². The van der Waals surface area contributed by atoms with Crippen LogP contribution in [0.2, 0.25) is 0 Å². The first-order valence-corrected chi connectivity index (χ1v) is 9.65. The molecule has 0 atom stereocenters. The number of benzene rings is 2. The summed E-state index contributed by atoms with van der Waals surface area (Å²) in [5.74, 6) is 0.752. The van der Waals surface area contributed by atoms with Crippen LogP contribution in [0, 0.1) is 11.3 Å². The number of nitriles is 1. The molecule has 1 saturated heterocycles. The highest BCUT2D eigenvalue weighted by Crippen LogP contribution is 2.35. The smallest absolute Gasteiger partial charge is 0.125 e. The van der Waals surface area contributed by atoms with Gasteiger partial charge in [-0.1, -0.05) is 36.4 Å². The van der Waals surface area contributed by atoms with Gasteiger partial charge in [-0.25, -0.2) is 0 Å². The molecule has 2 aromatic carbocycles. The van der Waals surface area contributed by atoms with Crippen LogP contribution >= 0.6 is 0 Å². The van der Waals surface area contributed by atoms with Crippen molar-refractivity contribution in [3.63, 3.8) is 0 Å². The maximum Gasteiger partial charge on any atom is 0.125 e. The summed E-state index contributed by atoms with van der Waals surface area (Å²) in [5.41, 5.74) is 2.75. The van der Waals surface area contributed by atoms with E-state index in [1.165, 1.54) is 5.56 Å². The average molecular weight is 364 g/mol. The fourth-order valence-corrected chi connectivity index (χ4v) is 3.80. The summed E-state index contributed by atoms with van der Waals surface area (Å²) in [6.45, 7) is 6.54. The summed E-state index contributed by atoms with van der Waals surface area (Å²) in [6.07, 6.45) is 1.77. The number of hydrogen-bond donors (Lipinski definition) is 1. The Labute approximate surface area is 162 Å².